The Bertz CT molecular complexity index is 368. The molecule has 0 unspecified atom stereocenters. The summed E-state index contributed by atoms with van der Waals surface area (Å²) in [6.45, 7) is 3.99. The van der Waals surface area contributed by atoms with Gasteiger partial charge in [-0.25, -0.2) is 4.98 Å². The molecule has 0 saturated heterocycles. The molecule has 1 rings (SSSR count). The molecule has 0 aliphatic rings. The van der Waals surface area contributed by atoms with E-state index in [2.05, 4.69) is 31.5 Å². The van der Waals surface area contributed by atoms with Gasteiger partial charge in [-0.2, -0.15) is 0 Å². The molecule has 0 radical (unpaired) electrons. The van der Waals surface area contributed by atoms with Crippen molar-refractivity contribution in [2.24, 2.45) is 5.92 Å². The van der Waals surface area contributed by atoms with Crippen LogP contribution in [0.4, 0.5) is 5.82 Å². The summed E-state index contributed by atoms with van der Waals surface area (Å²) in [4.78, 5) is 16.0. The molecule has 0 aromatic carbocycles. The van der Waals surface area contributed by atoms with Gasteiger partial charge in [0.25, 0.3) is 0 Å². The SMILES string of the molecule is CN[C@H](C(=O)Nc1cccc(Br)n1)C(C)C. The highest BCUT2D eigenvalue weighted by atomic mass is 79.9. The zero-order chi connectivity index (χ0) is 12.1. The molecule has 16 heavy (non-hydrogen) atoms. The van der Waals surface area contributed by atoms with Gasteiger partial charge in [0, 0.05) is 0 Å². The first-order chi connectivity index (χ1) is 7.54. The number of amides is 1. The fraction of sp³-hybridized carbons (Fsp3) is 0.455. The molecule has 0 saturated carbocycles. The molecule has 1 aromatic heterocycles. The highest BCUT2D eigenvalue weighted by Crippen LogP contribution is 2.11. The van der Waals surface area contributed by atoms with E-state index in [1.807, 2.05) is 26.0 Å². The van der Waals surface area contributed by atoms with Crippen LogP contribution in [0.15, 0.2) is 22.8 Å². The minimum absolute atomic E-state index is 0.0666. The van der Waals surface area contributed by atoms with Gasteiger partial charge in [-0.3, -0.25) is 4.79 Å². The second kappa shape index (κ2) is 5.96. The molecule has 5 heteroatoms. The number of aromatic nitrogens is 1. The van der Waals surface area contributed by atoms with Crippen molar-refractivity contribution >= 4 is 27.7 Å². The van der Waals surface area contributed by atoms with Crippen LogP contribution in [0.2, 0.25) is 0 Å². The van der Waals surface area contributed by atoms with E-state index >= 15 is 0 Å². The lowest BCUT2D eigenvalue weighted by molar-refractivity contribution is -0.119. The lowest BCUT2D eigenvalue weighted by atomic mass is 10.0. The van der Waals surface area contributed by atoms with Gasteiger partial charge in [0.05, 0.1) is 6.04 Å². The highest BCUT2D eigenvalue weighted by molar-refractivity contribution is 9.10. The van der Waals surface area contributed by atoms with Crippen molar-refractivity contribution in [2.45, 2.75) is 19.9 Å². The van der Waals surface area contributed by atoms with Crippen LogP contribution in [-0.4, -0.2) is 24.0 Å². The number of likely N-dealkylation sites (N-methyl/N-ethyl adjacent to an activating group) is 1. The Kier molecular flexibility index (Phi) is 4.89. The molecule has 1 atom stereocenters. The fourth-order valence-corrected chi connectivity index (χ4v) is 1.79. The van der Waals surface area contributed by atoms with Crippen molar-refractivity contribution in [3.8, 4) is 0 Å². The molecule has 0 spiro atoms. The molecule has 88 valence electrons. The number of hydrogen-bond donors (Lipinski definition) is 2. The van der Waals surface area contributed by atoms with Crippen molar-refractivity contribution in [3.05, 3.63) is 22.8 Å². The van der Waals surface area contributed by atoms with Gasteiger partial charge in [0.1, 0.15) is 10.4 Å². The van der Waals surface area contributed by atoms with Crippen LogP contribution in [-0.2, 0) is 4.79 Å². The summed E-state index contributed by atoms with van der Waals surface area (Å²) >= 11 is 3.26. The molecule has 4 nitrogen and oxygen atoms in total. The molecule has 0 aliphatic carbocycles. The summed E-state index contributed by atoms with van der Waals surface area (Å²) in [5.41, 5.74) is 0. The maximum Gasteiger partial charge on any atom is 0.242 e. The number of carbonyl (C=O) groups is 1. The number of pyridine rings is 1. The van der Waals surface area contributed by atoms with Crippen molar-refractivity contribution < 1.29 is 4.79 Å². The average molecular weight is 286 g/mol. The van der Waals surface area contributed by atoms with Gasteiger partial charge in [0.2, 0.25) is 5.91 Å². The van der Waals surface area contributed by atoms with E-state index in [1.165, 1.54) is 0 Å². The molecule has 0 fully saturated rings. The van der Waals surface area contributed by atoms with Crippen LogP contribution in [0.25, 0.3) is 0 Å². The van der Waals surface area contributed by atoms with E-state index in [9.17, 15) is 4.79 Å². The van der Waals surface area contributed by atoms with Crippen molar-refractivity contribution in [2.75, 3.05) is 12.4 Å². The van der Waals surface area contributed by atoms with E-state index in [-0.39, 0.29) is 17.9 Å². The molecule has 1 heterocycles. The van der Waals surface area contributed by atoms with Crippen LogP contribution in [0.5, 0.6) is 0 Å². The number of halogens is 1. The van der Waals surface area contributed by atoms with Crippen LogP contribution >= 0.6 is 15.9 Å². The highest BCUT2D eigenvalue weighted by Gasteiger charge is 2.20. The predicted octanol–water partition coefficient (Wildman–Crippen LogP) is 2.03. The van der Waals surface area contributed by atoms with E-state index in [4.69, 9.17) is 0 Å². The largest absolute Gasteiger partial charge is 0.309 e. The Morgan fingerprint density at radius 3 is 2.62 bits per heavy atom. The van der Waals surface area contributed by atoms with Gasteiger partial charge in [-0.05, 0) is 41.0 Å². The number of nitrogens with zero attached hydrogens (tertiary/aromatic N) is 1. The summed E-state index contributed by atoms with van der Waals surface area (Å²) in [5.74, 6) is 0.723. The summed E-state index contributed by atoms with van der Waals surface area (Å²) in [5, 5.41) is 5.76. The molecular formula is C11H16BrN3O. The molecule has 0 aliphatic heterocycles. The van der Waals surface area contributed by atoms with Crippen LogP contribution in [0.1, 0.15) is 13.8 Å². The van der Waals surface area contributed by atoms with Crippen molar-refractivity contribution in [1.82, 2.24) is 10.3 Å². The van der Waals surface area contributed by atoms with Crippen molar-refractivity contribution in [1.29, 1.82) is 0 Å². The van der Waals surface area contributed by atoms with Gasteiger partial charge >= 0.3 is 0 Å². The quantitative estimate of drug-likeness (QED) is 0.833. The van der Waals surface area contributed by atoms with Crippen molar-refractivity contribution in [3.63, 3.8) is 0 Å². The Morgan fingerprint density at radius 2 is 2.12 bits per heavy atom. The number of nitrogens with one attached hydrogen (secondary N) is 2. The summed E-state index contributed by atoms with van der Waals surface area (Å²) in [6, 6.07) is 5.19. The second-order valence-corrected chi connectivity index (χ2v) is 4.66. The summed E-state index contributed by atoms with van der Waals surface area (Å²) < 4.78 is 0.704. The number of carbonyl (C=O) groups excluding carboxylic acids is 1. The minimum Gasteiger partial charge on any atom is -0.309 e. The summed E-state index contributed by atoms with van der Waals surface area (Å²) in [6.07, 6.45) is 0. The Morgan fingerprint density at radius 1 is 1.44 bits per heavy atom. The third-order valence-corrected chi connectivity index (χ3v) is 2.67. The molecule has 1 aromatic rings. The third-order valence-electron chi connectivity index (χ3n) is 2.23. The van der Waals surface area contributed by atoms with E-state index in [1.54, 1.807) is 13.1 Å². The lowest BCUT2D eigenvalue weighted by Gasteiger charge is -2.18. The van der Waals surface area contributed by atoms with Crippen LogP contribution in [0.3, 0.4) is 0 Å². The van der Waals surface area contributed by atoms with Gasteiger partial charge in [-0.1, -0.05) is 19.9 Å². The Labute approximate surface area is 104 Å². The van der Waals surface area contributed by atoms with Gasteiger partial charge < -0.3 is 10.6 Å². The first-order valence-electron chi connectivity index (χ1n) is 5.15. The number of anilines is 1. The molecule has 1 amide bonds. The topological polar surface area (TPSA) is 54.0 Å². The molecular weight excluding hydrogens is 270 g/mol. The maximum atomic E-state index is 11.9. The fourth-order valence-electron chi connectivity index (χ4n) is 1.45. The Balaban J connectivity index is 2.70. The van der Waals surface area contributed by atoms with Gasteiger partial charge in [-0.15, -0.1) is 0 Å². The monoisotopic (exact) mass is 285 g/mol. The standard InChI is InChI=1S/C11H16BrN3O/c1-7(2)10(13-3)11(16)15-9-6-4-5-8(12)14-9/h4-7,10,13H,1-3H3,(H,14,15,16)/t10-/m0/s1. The van der Waals surface area contributed by atoms with E-state index < -0.39 is 0 Å². The zero-order valence-corrected chi connectivity index (χ0v) is 11.2. The minimum atomic E-state index is -0.208. The number of rotatable bonds is 4. The zero-order valence-electron chi connectivity index (χ0n) is 9.62. The first kappa shape index (κ1) is 13.1. The lowest BCUT2D eigenvalue weighted by Crippen LogP contribution is -2.42. The molecule has 2 N–H and O–H groups in total. The Hall–Kier alpha value is -0.940. The number of hydrogen-bond acceptors (Lipinski definition) is 3. The summed E-state index contributed by atoms with van der Waals surface area (Å²) in [7, 11) is 1.78. The van der Waals surface area contributed by atoms with E-state index in [0.29, 0.717) is 10.4 Å². The average Bonchev–Trinajstić information content (AvgIpc) is 2.17. The van der Waals surface area contributed by atoms with Crippen LogP contribution < -0.4 is 10.6 Å². The van der Waals surface area contributed by atoms with Gasteiger partial charge in [0.15, 0.2) is 0 Å². The maximum absolute atomic E-state index is 11.9. The van der Waals surface area contributed by atoms with E-state index in [0.717, 1.165) is 0 Å². The predicted molar refractivity (Wildman–Crippen MR) is 68.3 cm³/mol. The third kappa shape index (κ3) is 3.57. The van der Waals surface area contributed by atoms with Crippen LogP contribution in [0, 0.1) is 5.92 Å². The molecule has 0 bridgehead atoms. The smallest absolute Gasteiger partial charge is 0.242 e. The first-order valence-corrected chi connectivity index (χ1v) is 5.94. The second-order valence-electron chi connectivity index (χ2n) is 3.85. The normalized spacial score (nSPS) is 12.6.